The smallest absolute Gasteiger partial charge is 0.414 e. The van der Waals surface area contributed by atoms with Crippen LogP contribution in [0.25, 0.3) is 0 Å². The van der Waals surface area contributed by atoms with Crippen LogP contribution >= 0.6 is 0 Å². The summed E-state index contributed by atoms with van der Waals surface area (Å²) >= 11 is 0. The quantitative estimate of drug-likeness (QED) is 0.658. The molecule has 1 amide bonds. The molecule has 0 aromatic heterocycles. The van der Waals surface area contributed by atoms with Gasteiger partial charge in [0.2, 0.25) is 0 Å². The molecule has 5 heteroatoms. The second-order valence-corrected chi connectivity index (χ2v) is 4.94. The number of amides is 1. The molecule has 0 saturated carbocycles. The number of para-hydroxylation sites is 1. The van der Waals surface area contributed by atoms with Crippen LogP contribution in [0, 0.1) is 5.92 Å². The molecular weight excluding hydrogens is 244 g/mol. The maximum absolute atomic E-state index is 12.1. The van der Waals surface area contributed by atoms with Crippen molar-refractivity contribution in [1.82, 2.24) is 0 Å². The van der Waals surface area contributed by atoms with Crippen LogP contribution in [0.2, 0.25) is 0 Å². The van der Waals surface area contributed by atoms with Crippen molar-refractivity contribution < 1.29 is 14.7 Å². The zero-order valence-electron chi connectivity index (χ0n) is 11.2. The summed E-state index contributed by atoms with van der Waals surface area (Å²) in [6.07, 6.45) is 0.169. The van der Waals surface area contributed by atoms with Gasteiger partial charge in [-0.3, -0.25) is 4.90 Å². The van der Waals surface area contributed by atoms with Crippen LogP contribution in [0.5, 0.6) is 0 Å². The highest BCUT2D eigenvalue weighted by Gasteiger charge is 2.27. The molecule has 0 radical (unpaired) electrons. The lowest BCUT2D eigenvalue weighted by Crippen LogP contribution is -2.38. The Morgan fingerprint density at radius 3 is 2.89 bits per heavy atom. The van der Waals surface area contributed by atoms with Crippen molar-refractivity contribution in [3.8, 4) is 0 Å². The molecule has 2 rings (SSSR count). The number of anilines is 1. The minimum absolute atomic E-state index is 0.304. The maximum atomic E-state index is 12.1. The van der Waals surface area contributed by atoms with Crippen LogP contribution < -0.4 is 4.90 Å². The molecule has 0 saturated heterocycles. The highest BCUT2D eigenvalue weighted by atomic mass is 16.6. The van der Waals surface area contributed by atoms with Gasteiger partial charge in [-0.2, -0.15) is 0 Å². The normalized spacial score (nSPS) is 16.6. The lowest BCUT2D eigenvalue weighted by Gasteiger charge is -2.29. The van der Waals surface area contributed by atoms with Gasteiger partial charge in [0.15, 0.2) is 0 Å². The largest absolute Gasteiger partial charge is 0.449 e. The monoisotopic (exact) mass is 262 g/mol. The van der Waals surface area contributed by atoms with E-state index in [1.807, 2.05) is 38.1 Å². The summed E-state index contributed by atoms with van der Waals surface area (Å²) in [6.45, 7) is 4.85. The number of hydrogen-bond donors (Lipinski definition) is 1. The summed E-state index contributed by atoms with van der Waals surface area (Å²) in [6, 6.07) is 7.37. The first-order valence-corrected chi connectivity index (χ1v) is 6.38. The van der Waals surface area contributed by atoms with E-state index in [2.05, 4.69) is 5.16 Å². The second kappa shape index (κ2) is 5.73. The number of ether oxygens (including phenoxy) is 1. The summed E-state index contributed by atoms with van der Waals surface area (Å²) in [5.41, 5.74) is 2.11. The lowest BCUT2D eigenvalue weighted by molar-refractivity contribution is 0.140. The Kier molecular flexibility index (Phi) is 4.04. The van der Waals surface area contributed by atoms with Crippen molar-refractivity contribution in [2.45, 2.75) is 20.3 Å². The van der Waals surface area contributed by atoms with Crippen LogP contribution in [-0.4, -0.2) is 30.2 Å². The fraction of sp³-hybridized carbons (Fsp3) is 0.429. The standard InChI is InChI=1S/C14H18N2O3/c1-10(2)9-19-14(17)16-8-7-12(15-18)11-5-3-4-6-13(11)16/h3-6,10,18H,7-9H2,1-2H3. The van der Waals surface area contributed by atoms with Gasteiger partial charge in [0.05, 0.1) is 18.0 Å². The fourth-order valence-corrected chi connectivity index (χ4v) is 2.04. The van der Waals surface area contributed by atoms with E-state index in [9.17, 15) is 4.79 Å². The lowest BCUT2D eigenvalue weighted by atomic mass is 10.0. The zero-order valence-corrected chi connectivity index (χ0v) is 11.2. The van der Waals surface area contributed by atoms with Crippen molar-refractivity contribution in [3.63, 3.8) is 0 Å². The van der Waals surface area contributed by atoms with Crippen molar-refractivity contribution >= 4 is 17.5 Å². The molecule has 5 nitrogen and oxygen atoms in total. The third-order valence-electron chi connectivity index (χ3n) is 2.96. The average Bonchev–Trinajstić information content (AvgIpc) is 2.43. The number of nitrogens with zero attached hydrogens (tertiary/aromatic N) is 2. The van der Waals surface area contributed by atoms with Gasteiger partial charge in [-0.15, -0.1) is 0 Å². The molecule has 0 unspecified atom stereocenters. The van der Waals surface area contributed by atoms with Gasteiger partial charge in [-0.25, -0.2) is 4.79 Å². The molecular formula is C14H18N2O3. The van der Waals surface area contributed by atoms with E-state index in [1.54, 1.807) is 4.90 Å². The van der Waals surface area contributed by atoms with E-state index in [1.165, 1.54) is 0 Å². The van der Waals surface area contributed by atoms with E-state index in [0.29, 0.717) is 31.2 Å². The molecule has 1 heterocycles. The molecule has 1 N–H and O–H groups in total. The summed E-state index contributed by atoms with van der Waals surface area (Å²) in [4.78, 5) is 13.7. The topological polar surface area (TPSA) is 62.1 Å². The van der Waals surface area contributed by atoms with E-state index in [4.69, 9.17) is 9.94 Å². The third kappa shape index (κ3) is 2.86. The fourth-order valence-electron chi connectivity index (χ4n) is 2.04. The number of oxime groups is 1. The number of fused-ring (bicyclic) bond motifs is 1. The second-order valence-electron chi connectivity index (χ2n) is 4.94. The number of hydrogen-bond acceptors (Lipinski definition) is 4. The van der Waals surface area contributed by atoms with Gasteiger partial charge >= 0.3 is 6.09 Å². The number of benzene rings is 1. The van der Waals surface area contributed by atoms with Gasteiger partial charge in [-0.1, -0.05) is 37.2 Å². The highest BCUT2D eigenvalue weighted by molar-refractivity contribution is 6.10. The maximum Gasteiger partial charge on any atom is 0.414 e. The predicted molar refractivity (Wildman–Crippen MR) is 72.9 cm³/mol. The molecule has 0 atom stereocenters. The summed E-state index contributed by atoms with van der Waals surface area (Å²) in [5.74, 6) is 0.304. The van der Waals surface area contributed by atoms with Crippen LogP contribution in [0.15, 0.2) is 29.4 Å². The Morgan fingerprint density at radius 2 is 2.21 bits per heavy atom. The minimum Gasteiger partial charge on any atom is -0.449 e. The van der Waals surface area contributed by atoms with Crippen LogP contribution in [0.4, 0.5) is 10.5 Å². The Morgan fingerprint density at radius 1 is 1.47 bits per heavy atom. The summed E-state index contributed by atoms with van der Waals surface area (Å²) in [7, 11) is 0. The van der Waals surface area contributed by atoms with Gasteiger partial charge in [-0.05, 0) is 12.0 Å². The van der Waals surface area contributed by atoms with Gasteiger partial charge < -0.3 is 9.94 Å². The van der Waals surface area contributed by atoms with Crippen molar-refractivity contribution in [2.75, 3.05) is 18.1 Å². The first kappa shape index (κ1) is 13.4. The van der Waals surface area contributed by atoms with Crippen molar-refractivity contribution in [1.29, 1.82) is 0 Å². The van der Waals surface area contributed by atoms with E-state index >= 15 is 0 Å². The van der Waals surface area contributed by atoms with Gasteiger partial charge in [0.1, 0.15) is 0 Å². The molecule has 1 aromatic rings. The van der Waals surface area contributed by atoms with Crippen molar-refractivity contribution in [3.05, 3.63) is 29.8 Å². The Balaban J connectivity index is 2.22. The first-order valence-electron chi connectivity index (χ1n) is 6.38. The number of carbonyl (C=O) groups excluding carboxylic acids is 1. The first-order chi connectivity index (χ1) is 9.13. The minimum atomic E-state index is -0.349. The Labute approximate surface area is 112 Å². The molecule has 19 heavy (non-hydrogen) atoms. The number of rotatable bonds is 2. The van der Waals surface area contributed by atoms with Crippen LogP contribution in [0.1, 0.15) is 25.8 Å². The Bertz CT molecular complexity index is 497. The molecule has 1 aliphatic rings. The Hall–Kier alpha value is -2.04. The SMILES string of the molecule is CC(C)COC(=O)N1CCC(=NO)c2ccccc21. The van der Waals surface area contributed by atoms with Gasteiger partial charge in [0.25, 0.3) is 0 Å². The molecule has 0 bridgehead atoms. The average molecular weight is 262 g/mol. The molecule has 0 spiro atoms. The predicted octanol–water partition coefficient (Wildman–Crippen LogP) is 2.87. The van der Waals surface area contributed by atoms with Crippen molar-refractivity contribution in [2.24, 2.45) is 11.1 Å². The molecule has 0 fully saturated rings. The molecule has 1 aromatic carbocycles. The number of carbonyl (C=O) groups is 1. The van der Waals surface area contributed by atoms with E-state index < -0.39 is 0 Å². The van der Waals surface area contributed by atoms with Crippen LogP contribution in [-0.2, 0) is 4.74 Å². The van der Waals surface area contributed by atoms with E-state index in [-0.39, 0.29) is 6.09 Å². The van der Waals surface area contributed by atoms with Crippen LogP contribution in [0.3, 0.4) is 0 Å². The molecule has 102 valence electrons. The molecule has 0 aliphatic carbocycles. The summed E-state index contributed by atoms with van der Waals surface area (Å²) < 4.78 is 5.25. The zero-order chi connectivity index (χ0) is 13.8. The summed E-state index contributed by atoms with van der Waals surface area (Å²) in [5, 5.41) is 12.3. The third-order valence-corrected chi connectivity index (χ3v) is 2.96. The van der Waals surface area contributed by atoms with Gasteiger partial charge in [0, 0.05) is 18.5 Å². The van der Waals surface area contributed by atoms with E-state index in [0.717, 1.165) is 11.3 Å². The molecule has 1 aliphatic heterocycles. The highest BCUT2D eigenvalue weighted by Crippen LogP contribution is 2.27.